The van der Waals surface area contributed by atoms with Gasteiger partial charge < -0.3 is 25.0 Å². The van der Waals surface area contributed by atoms with Crippen molar-refractivity contribution in [1.29, 1.82) is 0 Å². The Morgan fingerprint density at radius 2 is 1.59 bits per heavy atom. The minimum atomic E-state index is -1.29. The van der Waals surface area contributed by atoms with Crippen molar-refractivity contribution >= 4 is 46.9 Å². The van der Waals surface area contributed by atoms with E-state index >= 15 is 0 Å². The molecule has 0 aromatic heterocycles. The van der Waals surface area contributed by atoms with E-state index in [0.717, 1.165) is 32.1 Å². The maximum Gasteiger partial charge on any atom is 0.305 e. The van der Waals surface area contributed by atoms with Crippen LogP contribution in [0.25, 0.3) is 0 Å². The summed E-state index contributed by atoms with van der Waals surface area (Å²) in [5.74, 6) is -2.10. The number of carboxylic acids is 1. The third-order valence-corrected chi connectivity index (χ3v) is 8.09. The van der Waals surface area contributed by atoms with Crippen molar-refractivity contribution in [3.05, 3.63) is 63.6 Å². The van der Waals surface area contributed by atoms with Crippen LogP contribution in [-0.2, 0) is 9.59 Å². The molecule has 2 N–H and O–H groups in total. The molecular formula is C28H31Cl2N3O6. The standard InChI is InChI=1S/C28H31Cl2N3O6/c1-39-20-9-5-8-18(14-20)27(37)32-12-13-33(28(38)19-10-11-21(29)22(30)15-19)26(32)25(36)31-23(16-24(34)35)17-6-3-2-4-7-17/h5,8-11,14-15,17,23,26H,2-4,6-7,12-13,16H2,1H3,(H,31,36)(H,34,35). The second kappa shape index (κ2) is 12.7. The molecule has 9 nitrogen and oxygen atoms in total. The summed E-state index contributed by atoms with van der Waals surface area (Å²) in [6.45, 7) is 0.202. The van der Waals surface area contributed by atoms with Crippen LogP contribution in [0.15, 0.2) is 42.5 Å². The van der Waals surface area contributed by atoms with Crippen molar-refractivity contribution in [1.82, 2.24) is 15.1 Å². The first kappa shape index (κ1) is 28.7. The Kier molecular flexibility index (Phi) is 9.35. The average Bonchev–Trinajstić information content (AvgIpc) is 3.39. The number of hydrogen-bond acceptors (Lipinski definition) is 5. The lowest BCUT2D eigenvalue weighted by molar-refractivity contribution is -0.138. The highest BCUT2D eigenvalue weighted by atomic mass is 35.5. The quantitative estimate of drug-likeness (QED) is 0.479. The molecule has 208 valence electrons. The van der Waals surface area contributed by atoms with E-state index in [1.54, 1.807) is 24.3 Å². The van der Waals surface area contributed by atoms with E-state index in [1.807, 2.05) is 0 Å². The monoisotopic (exact) mass is 575 g/mol. The Hall–Kier alpha value is -3.30. The summed E-state index contributed by atoms with van der Waals surface area (Å²) in [4.78, 5) is 55.4. The molecule has 2 aromatic rings. The number of nitrogens with zero attached hydrogens (tertiary/aromatic N) is 2. The van der Waals surface area contributed by atoms with Crippen molar-refractivity contribution in [2.75, 3.05) is 20.2 Å². The van der Waals surface area contributed by atoms with Gasteiger partial charge in [-0.05, 0) is 55.2 Å². The lowest BCUT2D eigenvalue weighted by Gasteiger charge is -2.34. The van der Waals surface area contributed by atoms with Crippen LogP contribution >= 0.6 is 23.2 Å². The van der Waals surface area contributed by atoms with Gasteiger partial charge in [0.15, 0.2) is 6.17 Å². The molecule has 2 aliphatic rings. The number of halogens is 2. The van der Waals surface area contributed by atoms with Crippen molar-refractivity contribution in [3.8, 4) is 5.75 Å². The van der Waals surface area contributed by atoms with Crippen molar-refractivity contribution in [2.24, 2.45) is 5.92 Å². The van der Waals surface area contributed by atoms with Crippen molar-refractivity contribution < 1.29 is 29.0 Å². The molecule has 11 heteroatoms. The number of amides is 3. The van der Waals surface area contributed by atoms with E-state index in [4.69, 9.17) is 27.9 Å². The second-order valence-electron chi connectivity index (χ2n) is 9.84. The van der Waals surface area contributed by atoms with Gasteiger partial charge in [-0.2, -0.15) is 0 Å². The Bertz CT molecular complexity index is 1250. The molecule has 1 saturated heterocycles. The molecule has 0 spiro atoms. The first-order chi connectivity index (χ1) is 18.7. The average molecular weight is 576 g/mol. The normalized spacial score (nSPS) is 18.5. The molecule has 1 saturated carbocycles. The predicted molar refractivity (Wildman–Crippen MR) is 146 cm³/mol. The summed E-state index contributed by atoms with van der Waals surface area (Å²) in [5, 5.41) is 12.9. The number of aliphatic carboxylic acids is 1. The van der Waals surface area contributed by atoms with E-state index in [2.05, 4.69) is 5.32 Å². The lowest BCUT2D eigenvalue weighted by atomic mass is 9.82. The van der Waals surface area contributed by atoms with Crippen LogP contribution in [0.1, 0.15) is 59.2 Å². The molecule has 1 aliphatic heterocycles. The molecule has 2 fully saturated rings. The van der Waals surface area contributed by atoms with E-state index in [-0.39, 0.29) is 41.0 Å². The van der Waals surface area contributed by atoms with Crippen LogP contribution in [0.3, 0.4) is 0 Å². The molecular weight excluding hydrogens is 545 g/mol. The van der Waals surface area contributed by atoms with Gasteiger partial charge in [0.1, 0.15) is 5.75 Å². The van der Waals surface area contributed by atoms with Gasteiger partial charge in [0.2, 0.25) is 0 Å². The second-order valence-corrected chi connectivity index (χ2v) is 10.7. The molecule has 4 rings (SSSR count). The maximum absolute atomic E-state index is 13.9. The number of carbonyl (C=O) groups is 4. The predicted octanol–water partition coefficient (Wildman–Crippen LogP) is 4.47. The minimum absolute atomic E-state index is 0.00182. The zero-order valence-electron chi connectivity index (χ0n) is 21.6. The number of benzene rings is 2. The van der Waals surface area contributed by atoms with Gasteiger partial charge >= 0.3 is 5.97 Å². The van der Waals surface area contributed by atoms with Gasteiger partial charge in [0, 0.05) is 30.3 Å². The first-order valence-electron chi connectivity index (χ1n) is 12.9. The van der Waals surface area contributed by atoms with Gasteiger partial charge in [-0.3, -0.25) is 19.2 Å². The molecule has 3 amide bonds. The number of methoxy groups -OCH3 is 1. The SMILES string of the molecule is COc1cccc(C(=O)N2CCN(C(=O)c3ccc(Cl)c(Cl)c3)C2C(=O)NC(CC(=O)O)C2CCCCC2)c1. The Morgan fingerprint density at radius 3 is 2.18 bits per heavy atom. The summed E-state index contributed by atoms with van der Waals surface area (Å²) in [6, 6.07) is 10.3. The molecule has 1 aliphatic carbocycles. The van der Waals surface area contributed by atoms with Gasteiger partial charge in [-0.1, -0.05) is 48.5 Å². The fourth-order valence-electron chi connectivity index (χ4n) is 5.37. The van der Waals surface area contributed by atoms with Gasteiger partial charge in [-0.15, -0.1) is 0 Å². The van der Waals surface area contributed by atoms with Crippen LogP contribution in [0.4, 0.5) is 0 Å². The molecule has 39 heavy (non-hydrogen) atoms. The third-order valence-electron chi connectivity index (χ3n) is 7.35. The summed E-state index contributed by atoms with van der Waals surface area (Å²) in [6.07, 6.45) is 3.08. The Balaban J connectivity index is 1.66. The van der Waals surface area contributed by atoms with Crippen LogP contribution < -0.4 is 10.1 Å². The molecule has 0 bridgehead atoms. The van der Waals surface area contributed by atoms with E-state index in [0.29, 0.717) is 11.3 Å². The zero-order valence-corrected chi connectivity index (χ0v) is 23.1. The summed E-state index contributed by atoms with van der Waals surface area (Å²) in [5.41, 5.74) is 0.512. The highest BCUT2D eigenvalue weighted by Crippen LogP contribution is 2.30. The van der Waals surface area contributed by atoms with E-state index in [1.165, 1.54) is 35.1 Å². The van der Waals surface area contributed by atoms with Gasteiger partial charge in [-0.25, -0.2) is 0 Å². The van der Waals surface area contributed by atoms with Crippen LogP contribution in [0.5, 0.6) is 5.75 Å². The van der Waals surface area contributed by atoms with Crippen molar-refractivity contribution in [2.45, 2.75) is 50.7 Å². The summed E-state index contributed by atoms with van der Waals surface area (Å²) >= 11 is 12.2. The molecule has 2 aromatic carbocycles. The smallest absolute Gasteiger partial charge is 0.305 e. The molecule has 1 heterocycles. The fourth-order valence-corrected chi connectivity index (χ4v) is 5.67. The number of rotatable bonds is 8. The fraction of sp³-hybridized carbons (Fsp3) is 0.429. The number of carboxylic acid groups (broad SMARTS) is 1. The number of carbonyl (C=O) groups excluding carboxylic acids is 3. The topological polar surface area (TPSA) is 116 Å². The van der Waals surface area contributed by atoms with E-state index in [9.17, 15) is 24.3 Å². The van der Waals surface area contributed by atoms with Crippen LogP contribution in [0, 0.1) is 5.92 Å². The largest absolute Gasteiger partial charge is 0.497 e. The Labute approximate surface area is 237 Å². The molecule has 2 atom stereocenters. The zero-order chi connectivity index (χ0) is 28.1. The van der Waals surface area contributed by atoms with Crippen molar-refractivity contribution in [3.63, 3.8) is 0 Å². The van der Waals surface area contributed by atoms with Gasteiger partial charge in [0.05, 0.1) is 23.6 Å². The molecule has 2 unspecified atom stereocenters. The minimum Gasteiger partial charge on any atom is -0.497 e. The highest BCUT2D eigenvalue weighted by Gasteiger charge is 2.44. The summed E-state index contributed by atoms with van der Waals surface area (Å²) in [7, 11) is 1.49. The van der Waals surface area contributed by atoms with Crippen LogP contribution in [0.2, 0.25) is 10.0 Å². The van der Waals surface area contributed by atoms with Crippen LogP contribution in [-0.4, -0.2) is 71.0 Å². The van der Waals surface area contributed by atoms with Gasteiger partial charge in [0.25, 0.3) is 17.7 Å². The number of nitrogens with one attached hydrogen (secondary N) is 1. The highest BCUT2D eigenvalue weighted by molar-refractivity contribution is 6.42. The first-order valence-corrected chi connectivity index (χ1v) is 13.7. The maximum atomic E-state index is 13.9. The Morgan fingerprint density at radius 1 is 0.949 bits per heavy atom. The number of ether oxygens (including phenoxy) is 1. The number of hydrogen-bond donors (Lipinski definition) is 2. The third kappa shape index (κ3) is 6.65. The molecule has 0 radical (unpaired) electrons. The van der Waals surface area contributed by atoms with E-state index < -0.39 is 35.9 Å². The lowest BCUT2D eigenvalue weighted by Crippen LogP contribution is -2.57. The summed E-state index contributed by atoms with van der Waals surface area (Å²) < 4.78 is 5.24.